The van der Waals surface area contributed by atoms with Crippen molar-refractivity contribution in [3.8, 4) is 0 Å². The lowest BCUT2D eigenvalue weighted by Crippen LogP contribution is -2.15. The van der Waals surface area contributed by atoms with Gasteiger partial charge in [-0.05, 0) is 75.3 Å². The summed E-state index contributed by atoms with van der Waals surface area (Å²) in [6.07, 6.45) is 3.92. The number of esters is 1. The van der Waals surface area contributed by atoms with Gasteiger partial charge in [-0.3, -0.25) is 4.79 Å². The van der Waals surface area contributed by atoms with Gasteiger partial charge in [0.25, 0.3) is 5.91 Å². The number of nitrogens with one attached hydrogen (secondary N) is 1. The fourth-order valence-corrected chi connectivity index (χ4v) is 5.10. The number of thiophene rings is 1. The number of amides is 1. The van der Waals surface area contributed by atoms with Gasteiger partial charge in [0.15, 0.2) is 5.76 Å². The van der Waals surface area contributed by atoms with Crippen LogP contribution >= 0.6 is 11.3 Å². The maximum Gasteiger partial charge on any atom is 0.341 e. The first-order chi connectivity index (χ1) is 13.4. The third-order valence-electron chi connectivity index (χ3n) is 5.55. The lowest BCUT2D eigenvalue weighted by atomic mass is 9.95. The number of aryl methyl sites for hydroxylation is 4. The third-order valence-corrected chi connectivity index (χ3v) is 6.75. The van der Waals surface area contributed by atoms with Crippen molar-refractivity contribution in [3.63, 3.8) is 0 Å². The molecule has 2 heterocycles. The molecule has 2 aromatic heterocycles. The van der Waals surface area contributed by atoms with Gasteiger partial charge in [0.2, 0.25) is 0 Å². The molecule has 3 aromatic rings. The number of ether oxygens (including phenoxy) is 1. The monoisotopic (exact) mass is 397 g/mol. The van der Waals surface area contributed by atoms with Crippen LogP contribution in [0, 0.1) is 20.8 Å². The first-order valence-corrected chi connectivity index (χ1v) is 10.3. The summed E-state index contributed by atoms with van der Waals surface area (Å²) in [7, 11) is 1.37. The highest BCUT2D eigenvalue weighted by Crippen LogP contribution is 2.39. The second-order valence-corrected chi connectivity index (χ2v) is 8.45. The van der Waals surface area contributed by atoms with E-state index in [-0.39, 0.29) is 11.7 Å². The molecule has 1 N–H and O–H groups in total. The van der Waals surface area contributed by atoms with Gasteiger partial charge in [-0.2, -0.15) is 0 Å². The van der Waals surface area contributed by atoms with Gasteiger partial charge in [-0.1, -0.05) is 0 Å². The SMILES string of the molecule is COC(=O)c1c(NC(=O)c2oc3cc(C)c(C)cc3c2C)sc2c1CCCC2. The molecule has 0 unspecified atom stereocenters. The number of furan rings is 1. The number of carbonyl (C=O) groups is 2. The van der Waals surface area contributed by atoms with Crippen LogP contribution in [0.25, 0.3) is 11.0 Å². The molecule has 0 saturated heterocycles. The Morgan fingerprint density at radius 1 is 1.11 bits per heavy atom. The molecule has 1 aromatic carbocycles. The number of carbonyl (C=O) groups excluding carboxylic acids is 2. The Bertz CT molecular complexity index is 1110. The Morgan fingerprint density at radius 2 is 1.82 bits per heavy atom. The highest BCUT2D eigenvalue weighted by Gasteiger charge is 2.28. The molecule has 1 aliphatic rings. The summed E-state index contributed by atoms with van der Waals surface area (Å²) in [5, 5.41) is 4.40. The van der Waals surface area contributed by atoms with Crippen molar-refractivity contribution in [3.05, 3.63) is 50.6 Å². The minimum atomic E-state index is -0.401. The van der Waals surface area contributed by atoms with Crippen molar-refractivity contribution >= 4 is 39.2 Å². The summed E-state index contributed by atoms with van der Waals surface area (Å²) in [6, 6.07) is 4.00. The number of anilines is 1. The van der Waals surface area contributed by atoms with Crippen LogP contribution in [0.4, 0.5) is 5.00 Å². The van der Waals surface area contributed by atoms with E-state index in [1.165, 1.54) is 18.4 Å². The standard InChI is InChI=1S/C22H23NO4S/c1-11-9-15-13(3)19(27-16(15)10-12(11)2)20(24)23-21-18(22(25)26-4)14-7-5-6-8-17(14)28-21/h9-10H,5-8H2,1-4H3,(H,23,24). The largest absolute Gasteiger partial charge is 0.465 e. The average molecular weight is 397 g/mol. The molecule has 0 atom stereocenters. The van der Waals surface area contributed by atoms with E-state index in [1.54, 1.807) is 0 Å². The number of methoxy groups -OCH3 is 1. The first-order valence-electron chi connectivity index (χ1n) is 9.45. The normalized spacial score (nSPS) is 13.4. The number of hydrogen-bond acceptors (Lipinski definition) is 5. The summed E-state index contributed by atoms with van der Waals surface area (Å²) >= 11 is 1.47. The number of hydrogen-bond donors (Lipinski definition) is 1. The summed E-state index contributed by atoms with van der Waals surface area (Å²) in [5.41, 5.74) is 5.29. The quantitative estimate of drug-likeness (QED) is 0.606. The van der Waals surface area contributed by atoms with Crippen molar-refractivity contribution in [2.45, 2.75) is 46.5 Å². The Hall–Kier alpha value is -2.60. The number of benzene rings is 1. The molecule has 4 rings (SSSR count). The third kappa shape index (κ3) is 3.02. The van der Waals surface area contributed by atoms with Crippen LogP contribution in [0.5, 0.6) is 0 Å². The topological polar surface area (TPSA) is 68.5 Å². The lowest BCUT2D eigenvalue weighted by molar-refractivity contribution is 0.0601. The minimum absolute atomic E-state index is 0.280. The predicted molar refractivity (Wildman–Crippen MR) is 111 cm³/mol. The van der Waals surface area contributed by atoms with Crippen LogP contribution in [0.15, 0.2) is 16.5 Å². The van der Waals surface area contributed by atoms with E-state index in [0.717, 1.165) is 58.2 Å². The maximum absolute atomic E-state index is 13.0. The smallest absolute Gasteiger partial charge is 0.341 e. The molecule has 5 nitrogen and oxygen atoms in total. The van der Waals surface area contributed by atoms with Crippen molar-refractivity contribution < 1.29 is 18.7 Å². The molecule has 0 fully saturated rings. The predicted octanol–water partition coefficient (Wildman–Crippen LogP) is 5.34. The maximum atomic E-state index is 13.0. The molecule has 0 aliphatic heterocycles. The second-order valence-electron chi connectivity index (χ2n) is 7.35. The average Bonchev–Trinajstić information content (AvgIpc) is 3.19. The molecular weight excluding hydrogens is 374 g/mol. The molecule has 1 aliphatic carbocycles. The van der Waals surface area contributed by atoms with Gasteiger partial charge >= 0.3 is 5.97 Å². The Kier molecular flexibility index (Phi) is 4.75. The summed E-state index contributed by atoms with van der Waals surface area (Å²) in [6.45, 7) is 5.95. The van der Waals surface area contributed by atoms with Crippen molar-refractivity contribution in [1.29, 1.82) is 0 Å². The van der Waals surface area contributed by atoms with Gasteiger partial charge < -0.3 is 14.5 Å². The summed E-state index contributed by atoms with van der Waals surface area (Å²) in [4.78, 5) is 26.5. The van der Waals surface area contributed by atoms with Crippen molar-refractivity contribution in [2.24, 2.45) is 0 Å². The second kappa shape index (κ2) is 7.09. The zero-order valence-electron chi connectivity index (χ0n) is 16.5. The molecular formula is C22H23NO4S. The minimum Gasteiger partial charge on any atom is -0.465 e. The zero-order chi connectivity index (χ0) is 20.0. The van der Waals surface area contributed by atoms with Crippen LogP contribution in [0.2, 0.25) is 0 Å². The van der Waals surface area contributed by atoms with Gasteiger partial charge in [0, 0.05) is 15.8 Å². The summed E-state index contributed by atoms with van der Waals surface area (Å²) < 4.78 is 10.9. The Balaban J connectivity index is 1.73. The fraction of sp³-hybridized carbons (Fsp3) is 0.364. The van der Waals surface area contributed by atoms with Crippen LogP contribution in [0.1, 0.15) is 60.9 Å². The molecule has 0 radical (unpaired) electrons. The van der Waals surface area contributed by atoms with E-state index in [9.17, 15) is 9.59 Å². The van der Waals surface area contributed by atoms with E-state index in [0.29, 0.717) is 16.1 Å². The molecule has 1 amide bonds. The highest BCUT2D eigenvalue weighted by atomic mass is 32.1. The number of fused-ring (bicyclic) bond motifs is 2. The Morgan fingerprint density at radius 3 is 2.57 bits per heavy atom. The van der Waals surface area contributed by atoms with Crippen molar-refractivity contribution in [1.82, 2.24) is 0 Å². The highest BCUT2D eigenvalue weighted by molar-refractivity contribution is 7.17. The van der Waals surface area contributed by atoms with Crippen LogP contribution in [0.3, 0.4) is 0 Å². The zero-order valence-corrected chi connectivity index (χ0v) is 17.3. The molecule has 28 heavy (non-hydrogen) atoms. The van der Waals surface area contributed by atoms with Gasteiger partial charge in [-0.25, -0.2) is 4.79 Å². The molecule has 146 valence electrons. The van der Waals surface area contributed by atoms with Gasteiger partial charge in [0.1, 0.15) is 10.6 Å². The van der Waals surface area contributed by atoms with E-state index < -0.39 is 5.97 Å². The molecule has 0 saturated carbocycles. The van der Waals surface area contributed by atoms with Crippen LogP contribution in [-0.4, -0.2) is 19.0 Å². The molecule has 6 heteroatoms. The van der Waals surface area contributed by atoms with E-state index >= 15 is 0 Å². The first kappa shape index (κ1) is 18.7. The lowest BCUT2D eigenvalue weighted by Gasteiger charge is -2.11. The Labute approximate surface area is 167 Å². The fourth-order valence-electron chi connectivity index (χ4n) is 3.82. The van der Waals surface area contributed by atoms with Crippen LogP contribution < -0.4 is 5.32 Å². The van der Waals surface area contributed by atoms with E-state index in [1.807, 2.05) is 32.9 Å². The molecule has 0 spiro atoms. The van der Waals surface area contributed by atoms with Gasteiger partial charge in [-0.15, -0.1) is 11.3 Å². The summed E-state index contributed by atoms with van der Waals surface area (Å²) in [5.74, 6) is -0.461. The van der Waals surface area contributed by atoms with E-state index in [4.69, 9.17) is 9.15 Å². The van der Waals surface area contributed by atoms with Crippen molar-refractivity contribution in [2.75, 3.05) is 12.4 Å². The van der Waals surface area contributed by atoms with Crippen LogP contribution in [-0.2, 0) is 17.6 Å². The van der Waals surface area contributed by atoms with Gasteiger partial charge in [0.05, 0.1) is 12.7 Å². The van der Waals surface area contributed by atoms with E-state index in [2.05, 4.69) is 5.32 Å². The molecule has 0 bridgehead atoms. The number of rotatable bonds is 3.